The van der Waals surface area contributed by atoms with Crippen LogP contribution in [0.5, 0.6) is 0 Å². The average Bonchev–Trinajstić information content (AvgIpc) is 2.36. The second-order valence-corrected chi connectivity index (χ2v) is 5.27. The molecule has 0 aromatic heterocycles. The third-order valence-electron chi connectivity index (χ3n) is 3.95. The molecule has 1 rings (SSSR count). The van der Waals surface area contributed by atoms with Gasteiger partial charge in [0.2, 0.25) is 0 Å². The molecule has 2 nitrogen and oxygen atoms in total. The van der Waals surface area contributed by atoms with E-state index in [1.165, 1.54) is 42.4 Å². The largest absolute Gasteiger partial charge is 0.271 e. The molecule has 0 aliphatic heterocycles. The van der Waals surface area contributed by atoms with Gasteiger partial charge in [-0.15, -0.1) is 0 Å². The minimum absolute atomic E-state index is 0.282. The van der Waals surface area contributed by atoms with E-state index in [0.29, 0.717) is 5.92 Å². The van der Waals surface area contributed by atoms with Crippen molar-refractivity contribution in [2.24, 2.45) is 11.8 Å². The summed E-state index contributed by atoms with van der Waals surface area (Å²) >= 11 is 0. The molecule has 102 valence electrons. The van der Waals surface area contributed by atoms with Crippen LogP contribution in [0.15, 0.2) is 18.2 Å². The predicted octanol–water partition coefficient (Wildman–Crippen LogP) is 4.02. The number of benzene rings is 1. The monoisotopic (exact) mass is 248 g/mol. The standard InChI is InChI=1S/C16H28N2/c1-5-8-14(9-6-2)16(18-17)15-11-7-10-12(3)13(15)4/h7,10-11,14,16,18H,5-6,8-9,17H2,1-4H3. The summed E-state index contributed by atoms with van der Waals surface area (Å²) in [5.41, 5.74) is 7.14. The Kier molecular flexibility index (Phi) is 6.37. The van der Waals surface area contributed by atoms with Crippen LogP contribution in [0.1, 0.15) is 62.3 Å². The van der Waals surface area contributed by atoms with Gasteiger partial charge >= 0.3 is 0 Å². The normalized spacial score (nSPS) is 13.0. The van der Waals surface area contributed by atoms with Crippen LogP contribution in [-0.2, 0) is 0 Å². The summed E-state index contributed by atoms with van der Waals surface area (Å²) in [5.74, 6) is 6.47. The minimum atomic E-state index is 0.282. The fourth-order valence-corrected chi connectivity index (χ4v) is 2.81. The molecular weight excluding hydrogens is 220 g/mol. The molecule has 1 aromatic carbocycles. The van der Waals surface area contributed by atoms with E-state index >= 15 is 0 Å². The second kappa shape index (κ2) is 7.55. The molecule has 0 heterocycles. The number of hydrazine groups is 1. The van der Waals surface area contributed by atoms with Crippen molar-refractivity contribution in [1.29, 1.82) is 0 Å². The van der Waals surface area contributed by atoms with E-state index in [4.69, 9.17) is 5.84 Å². The lowest BCUT2D eigenvalue weighted by atomic mass is 9.84. The molecule has 0 saturated heterocycles. The van der Waals surface area contributed by atoms with E-state index in [2.05, 4.69) is 51.3 Å². The number of aryl methyl sites for hydroxylation is 1. The number of hydrogen-bond acceptors (Lipinski definition) is 2. The molecule has 18 heavy (non-hydrogen) atoms. The maximum atomic E-state index is 5.84. The Labute approximate surface area is 112 Å². The molecule has 1 atom stereocenters. The third kappa shape index (κ3) is 3.56. The summed E-state index contributed by atoms with van der Waals surface area (Å²) in [6.07, 6.45) is 4.90. The maximum Gasteiger partial charge on any atom is 0.0490 e. The van der Waals surface area contributed by atoms with Gasteiger partial charge in [-0.25, -0.2) is 0 Å². The smallest absolute Gasteiger partial charge is 0.0490 e. The van der Waals surface area contributed by atoms with Crippen LogP contribution in [0.2, 0.25) is 0 Å². The average molecular weight is 248 g/mol. The number of nitrogens with two attached hydrogens (primary N) is 1. The zero-order valence-corrected chi connectivity index (χ0v) is 12.3. The van der Waals surface area contributed by atoms with Gasteiger partial charge in [0.05, 0.1) is 0 Å². The van der Waals surface area contributed by atoms with E-state index in [1.54, 1.807) is 0 Å². The highest BCUT2D eigenvalue weighted by Crippen LogP contribution is 2.31. The van der Waals surface area contributed by atoms with Gasteiger partial charge in [-0.05, 0) is 49.3 Å². The topological polar surface area (TPSA) is 38.0 Å². The Morgan fingerprint density at radius 3 is 2.22 bits per heavy atom. The van der Waals surface area contributed by atoms with Crippen molar-refractivity contribution in [3.05, 3.63) is 34.9 Å². The van der Waals surface area contributed by atoms with Crippen molar-refractivity contribution in [1.82, 2.24) is 5.43 Å². The minimum Gasteiger partial charge on any atom is -0.271 e. The first-order chi connectivity index (χ1) is 8.65. The number of rotatable bonds is 7. The summed E-state index contributed by atoms with van der Waals surface area (Å²) in [5, 5.41) is 0. The van der Waals surface area contributed by atoms with Crippen molar-refractivity contribution >= 4 is 0 Å². The van der Waals surface area contributed by atoms with Gasteiger partial charge in [0.15, 0.2) is 0 Å². The van der Waals surface area contributed by atoms with Crippen molar-refractivity contribution in [3.63, 3.8) is 0 Å². The van der Waals surface area contributed by atoms with Crippen LogP contribution >= 0.6 is 0 Å². The van der Waals surface area contributed by atoms with Crippen molar-refractivity contribution in [2.45, 2.75) is 59.4 Å². The van der Waals surface area contributed by atoms with Gasteiger partial charge in [0.25, 0.3) is 0 Å². The molecule has 2 heteroatoms. The van der Waals surface area contributed by atoms with Gasteiger partial charge in [-0.3, -0.25) is 11.3 Å². The first-order valence-corrected chi connectivity index (χ1v) is 7.17. The molecule has 1 aromatic rings. The van der Waals surface area contributed by atoms with E-state index in [-0.39, 0.29) is 6.04 Å². The first-order valence-electron chi connectivity index (χ1n) is 7.17. The van der Waals surface area contributed by atoms with Crippen LogP contribution in [0.4, 0.5) is 0 Å². The Hall–Kier alpha value is -0.860. The Balaban J connectivity index is 3.02. The van der Waals surface area contributed by atoms with Crippen LogP contribution in [-0.4, -0.2) is 0 Å². The summed E-state index contributed by atoms with van der Waals surface area (Å²) in [6, 6.07) is 6.80. The molecule has 0 amide bonds. The highest BCUT2D eigenvalue weighted by molar-refractivity contribution is 5.35. The molecule has 1 unspecified atom stereocenters. The zero-order valence-electron chi connectivity index (χ0n) is 12.3. The lowest BCUT2D eigenvalue weighted by Gasteiger charge is -2.28. The van der Waals surface area contributed by atoms with Crippen LogP contribution in [0.25, 0.3) is 0 Å². The van der Waals surface area contributed by atoms with E-state index in [1.807, 2.05) is 0 Å². The number of nitrogens with one attached hydrogen (secondary N) is 1. The molecule has 0 spiro atoms. The SMILES string of the molecule is CCCC(CCC)C(NN)c1cccc(C)c1C. The second-order valence-electron chi connectivity index (χ2n) is 5.27. The van der Waals surface area contributed by atoms with Gasteiger partial charge < -0.3 is 0 Å². The van der Waals surface area contributed by atoms with E-state index in [0.717, 1.165) is 0 Å². The fraction of sp³-hybridized carbons (Fsp3) is 0.625. The Morgan fingerprint density at radius 1 is 1.11 bits per heavy atom. The molecule has 0 saturated carbocycles. The number of hydrogen-bond donors (Lipinski definition) is 2. The Morgan fingerprint density at radius 2 is 1.72 bits per heavy atom. The van der Waals surface area contributed by atoms with Crippen molar-refractivity contribution < 1.29 is 0 Å². The van der Waals surface area contributed by atoms with Crippen LogP contribution in [0, 0.1) is 19.8 Å². The lowest BCUT2D eigenvalue weighted by Crippen LogP contribution is -2.34. The van der Waals surface area contributed by atoms with Gasteiger partial charge in [-0.2, -0.15) is 0 Å². The molecule has 0 fully saturated rings. The molecule has 0 aliphatic carbocycles. The summed E-state index contributed by atoms with van der Waals surface area (Å²) in [7, 11) is 0. The molecular formula is C16H28N2. The lowest BCUT2D eigenvalue weighted by molar-refractivity contribution is 0.318. The predicted molar refractivity (Wildman–Crippen MR) is 79.3 cm³/mol. The molecule has 0 radical (unpaired) electrons. The fourth-order valence-electron chi connectivity index (χ4n) is 2.81. The molecule has 0 bridgehead atoms. The molecule has 0 aliphatic rings. The van der Waals surface area contributed by atoms with Crippen LogP contribution in [0.3, 0.4) is 0 Å². The summed E-state index contributed by atoms with van der Waals surface area (Å²) in [6.45, 7) is 8.86. The van der Waals surface area contributed by atoms with Gasteiger partial charge in [-0.1, -0.05) is 44.9 Å². The van der Waals surface area contributed by atoms with Crippen molar-refractivity contribution in [2.75, 3.05) is 0 Å². The summed E-state index contributed by atoms with van der Waals surface area (Å²) in [4.78, 5) is 0. The van der Waals surface area contributed by atoms with E-state index < -0.39 is 0 Å². The Bertz CT molecular complexity index is 354. The maximum absolute atomic E-state index is 5.84. The third-order valence-corrected chi connectivity index (χ3v) is 3.95. The molecule has 3 N–H and O–H groups in total. The van der Waals surface area contributed by atoms with Gasteiger partial charge in [0, 0.05) is 6.04 Å². The summed E-state index contributed by atoms with van der Waals surface area (Å²) < 4.78 is 0. The van der Waals surface area contributed by atoms with Crippen LogP contribution < -0.4 is 11.3 Å². The zero-order chi connectivity index (χ0) is 13.5. The van der Waals surface area contributed by atoms with E-state index in [9.17, 15) is 0 Å². The van der Waals surface area contributed by atoms with Crippen molar-refractivity contribution in [3.8, 4) is 0 Å². The first kappa shape index (κ1) is 15.2. The quantitative estimate of drug-likeness (QED) is 0.565. The highest BCUT2D eigenvalue weighted by atomic mass is 15.2. The highest BCUT2D eigenvalue weighted by Gasteiger charge is 2.22. The van der Waals surface area contributed by atoms with Gasteiger partial charge in [0.1, 0.15) is 0 Å².